The highest BCUT2D eigenvalue weighted by atomic mass is 16.5. The highest BCUT2D eigenvalue weighted by Crippen LogP contribution is 2.29. The first-order valence-corrected chi connectivity index (χ1v) is 8.43. The largest absolute Gasteiger partial charge is 0.375 e. The van der Waals surface area contributed by atoms with Gasteiger partial charge < -0.3 is 15.4 Å². The first-order chi connectivity index (χ1) is 11.8. The first kappa shape index (κ1) is 16.5. The maximum absolute atomic E-state index is 12.1. The normalized spacial score (nSPS) is 16.0. The molecule has 3 rings (SSSR count). The van der Waals surface area contributed by atoms with Crippen LogP contribution in [-0.2, 0) is 4.74 Å². The minimum absolute atomic E-state index is 0.168. The molecule has 0 aliphatic heterocycles. The Hall–Kier alpha value is -2.34. The maximum Gasteiger partial charge on any atom is 0.319 e. The molecule has 2 N–H and O–H groups in total. The van der Waals surface area contributed by atoms with E-state index in [9.17, 15) is 4.79 Å². The first-order valence-electron chi connectivity index (χ1n) is 8.43. The van der Waals surface area contributed by atoms with Crippen LogP contribution in [0.1, 0.15) is 43.4 Å². The summed E-state index contributed by atoms with van der Waals surface area (Å²) in [6.45, 7) is 0.406. The molecule has 128 valence electrons. The molecular weight excluding hydrogens is 304 g/mol. The summed E-state index contributed by atoms with van der Waals surface area (Å²) in [5, 5.41) is 10.0. The van der Waals surface area contributed by atoms with Crippen molar-refractivity contribution in [1.82, 2.24) is 15.1 Å². The summed E-state index contributed by atoms with van der Waals surface area (Å²) in [6.07, 6.45) is 8.28. The van der Waals surface area contributed by atoms with Crippen molar-refractivity contribution >= 4 is 11.7 Å². The van der Waals surface area contributed by atoms with Gasteiger partial charge in [0.1, 0.15) is 0 Å². The predicted octanol–water partition coefficient (Wildman–Crippen LogP) is 3.51. The molecular formula is C18H24N4O2. The Bertz CT molecular complexity index is 650. The number of carbonyl (C=O) groups is 1. The summed E-state index contributed by atoms with van der Waals surface area (Å²) in [5.74, 6) is 0. The molecule has 6 nitrogen and oxygen atoms in total. The second-order valence-electron chi connectivity index (χ2n) is 6.12. The van der Waals surface area contributed by atoms with E-state index < -0.39 is 0 Å². The fourth-order valence-corrected chi connectivity index (χ4v) is 3.14. The molecule has 0 radical (unpaired) electrons. The summed E-state index contributed by atoms with van der Waals surface area (Å²) in [5.41, 5.74) is 1.75. The Labute approximate surface area is 142 Å². The predicted molar refractivity (Wildman–Crippen MR) is 92.9 cm³/mol. The summed E-state index contributed by atoms with van der Waals surface area (Å²) in [4.78, 5) is 12.1. The quantitative estimate of drug-likeness (QED) is 0.852. The van der Waals surface area contributed by atoms with Gasteiger partial charge in [0.25, 0.3) is 0 Å². The number of amides is 2. The molecule has 1 fully saturated rings. The Kier molecular flexibility index (Phi) is 5.48. The van der Waals surface area contributed by atoms with Crippen molar-refractivity contribution in [1.29, 1.82) is 0 Å². The fraction of sp³-hybridized carbons (Fsp3) is 0.444. The molecule has 1 atom stereocenters. The highest BCUT2D eigenvalue weighted by Gasteiger charge is 2.18. The van der Waals surface area contributed by atoms with E-state index in [1.807, 2.05) is 41.2 Å². The van der Waals surface area contributed by atoms with Crippen molar-refractivity contribution < 1.29 is 9.53 Å². The van der Waals surface area contributed by atoms with Gasteiger partial charge in [-0.25, -0.2) is 4.79 Å². The van der Waals surface area contributed by atoms with Gasteiger partial charge in [0.15, 0.2) is 0 Å². The van der Waals surface area contributed by atoms with Gasteiger partial charge in [-0.3, -0.25) is 4.68 Å². The van der Waals surface area contributed by atoms with Gasteiger partial charge in [0, 0.05) is 19.9 Å². The Morgan fingerprint density at radius 3 is 2.79 bits per heavy atom. The van der Waals surface area contributed by atoms with Crippen molar-refractivity contribution in [2.24, 2.45) is 0 Å². The zero-order chi connectivity index (χ0) is 16.8. The van der Waals surface area contributed by atoms with Gasteiger partial charge >= 0.3 is 6.03 Å². The maximum atomic E-state index is 12.1. The van der Waals surface area contributed by atoms with Gasteiger partial charge in [-0.15, -0.1) is 0 Å². The number of ether oxygens (including phenoxy) is 1. The molecule has 2 aromatic rings. The number of aromatic nitrogens is 2. The number of anilines is 1. The van der Waals surface area contributed by atoms with E-state index >= 15 is 0 Å². The summed E-state index contributed by atoms with van der Waals surface area (Å²) >= 11 is 0. The number of nitrogens with zero attached hydrogens (tertiary/aromatic N) is 2. The van der Waals surface area contributed by atoms with Crippen LogP contribution in [0.4, 0.5) is 10.5 Å². The lowest BCUT2D eigenvalue weighted by Gasteiger charge is -2.16. The lowest BCUT2D eigenvalue weighted by atomic mass is 10.1. The van der Waals surface area contributed by atoms with Gasteiger partial charge in [0.05, 0.1) is 24.0 Å². The fourth-order valence-electron chi connectivity index (χ4n) is 3.14. The van der Waals surface area contributed by atoms with Gasteiger partial charge in [-0.05, 0) is 18.4 Å². The van der Waals surface area contributed by atoms with E-state index in [-0.39, 0.29) is 12.1 Å². The minimum atomic E-state index is -0.251. The SMILES string of the molecule is COC(CNC(=O)Nc1cnn(C2CCCC2)c1)c1ccccc1. The average molecular weight is 328 g/mol. The standard InChI is InChI=1S/C18H24N4O2/c1-24-17(14-7-3-2-4-8-14)12-19-18(23)21-15-11-20-22(13-15)16-9-5-6-10-16/h2-4,7-8,11,13,16-17H,5-6,9-10,12H2,1H3,(H2,19,21,23). The van der Waals surface area contributed by atoms with E-state index in [2.05, 4.69) is 15.7 Å². The van der Waals surface area contributed by atoms with Crippen LogP contribution in [-0.4, -0.2) is 29.5 Å². The third kappa shape index (κ3) is 4.14. The summed E-state index contributed by atoms with van der Waals surface area (Å²) in [6, 6.07) is 10.1. The molecule has 1 aliphatic rings. The van der Waals surface area contributed by atoms with Crippen LogP contribution in [0.3, 0.4) is 0 Å². The Morgan fingerprint density at radius 2 is 2.08 bits per heavy atom. The van der Waals surface area contributed by atoms with E-state index in [1.54, 1.807) is 13.3 Å². The number of rotatable bonds is 6. The number of hydrogen-bond acceptors (Lipinski definition) is 3. The lowest BCUT2D eigenvalue weighted by molar-refractivity contribution is 0.104. The molecule has 0 spiro atoms. The van der Waals surface area contributed by atoms with Crippen molar-refractivity contribution in [3.05, 3.63) is 48.3 Å². The topological polar surface area (TPSA) is 68.2 Å². The van der Waals surface area contributed by atoms with Crippen molar-refractivity contribution in [2.75, 3.05) is 19.0 Å². The average Bonchev–Trinajstić information content (AvgIpc) is 3.27. The van der Waals surface area contributed by atoms with E-state index in [0.29, 0.717) is 18.3 Å². The van der Waals surface area contributed by atoms with Crippen LogP contribution in [0.15, 0.2) is 42.7 Å². The number of carbonyl (C=O) groups excluding carboxylic acids is 1. The van der Waals surface area contributed by atoms with Crippen LogP contribution >= 0.6 is 0 Å². The Morgan fingerprint density at radius 1 is 1.33 bits per heavy atom. The van der Waals surface area contributed by atoms with Crippen LogP contribution in [0, 0.1) is 0 Å². The van der Waals surface area contributed by atoms with Gasteiger partial charge in [-0.1, -0.05) is 43.2 Å². The molecule has 1 heterocycles. The zero-order valence-electron chi connectivity index (χ0n) is 13.9. The molecule has 24 heavy (non-hydrogen) atoms. The molecule has 1 aliphatic carbocycles. The number of nitrogens with one attached hydrogen (secondary N) is 2. The molecule has 1 unspecified atom stereocenters. The highest BCUT2D eigenvalue weighted by molar-refractivity contribution is 5.88. The van der Waals surface area contributed by atoms with Crippen LogP contribution in [0.5, 0.6) is 0 Å². The molecule has 1 aromatic heterocycles. The van der Waals surface area contributed by atoms with E-state index in [1.165, 1.54) is 25.7 Å². The van der Waals surface area contributed by atoms with E-state index in [0.717, 1.165) is 5.56 Å². The Balaban J connectivity index is 1.50. The number of methoxy groups -OCH3 is 1. The minimum Gasteiger partial charge on any atom is -0.375 e. The van der Waals surface area contributed by atoms with Gasteiger partial charge in [-0.2, -0.15) is 5.10 Å². The molecule has 0 saturated heterocycles. The van der Waals surface area contributed by atoms with Crippen molar-refractivity contribution in [2.45, 2.75) is 37.8 Å². The van der Waals surface area contributed by atoms with Crippen LogP contribution < -0.4 is 10.6 Å². The molecule has 1 saturated carbocycles. The third-order valence-corrected chi connectivity index (χ3v) is 4.46. The van der Waals surface area contributed by atoms with Crippen molar-refractivity contribution in [3.63, 3.8) is 0 Å². The van der Waals surface area contributed by atoms with E-state index in [4.69, 9.17) is 4.74 Å². The van der Waals surface area contributed by atoms with Crippen LogP contribution in [0.2, 0.25) is 0 Å². The second kappa shape index (κ2) is 7.97. The third-order valence-electron chi connectivity index (χ3n) is 4.46. The smallest absolute Gasteiger partial charge is 0.319 e. The molecule has 6 heteroatoms. The second-order valence-corrected chi connectivity index (χ2v) is 6.12. The number of benzene rings is 1. The number of hydrogen-bond donors (Lipinski definition) is 2. The summed E-state index contributed by atoms with van der Waals surface area (Å²) in [7, 11) is 1.64. The van der Waals surface area contributed by atoms with Gasteiger partial charge in [0.2, 0.25) is 0 Å². The number of urea groups is 1. The lowest BCUT2D eigenvalue weighted by Crippen LogP contribution is -2.32. The monoisotopic (exact) mass is 328 g/mol. The van der Waals surface area contributed by atoms with Crippen molar-refractivity contribution in [3.8, 4) is 0 Å². The summed E-state index contributed by atoms with van der Waals surface area (Å²) < 4.78 is 7.41. The van der Waals surface area contributed by atoms with Crippen LogP contribution in [0.25, 0.3) is 0 Å². The molecule has 1 aromatic carbocycles. The zero-order valence-corrected chi connectivity index (χ0v) is 13.9. The molecule has 0 bridgehead atoms. The molecule has 2 amide bonds.